The summed E-state index contributed by atoms with van der Waals surface area (Å²) in [4.78, 5) is 16.7. The van der Waals surface area contributed by atoms with Gasteiger partial charge in [0.1, 0.15) is 5.75 Å². The molecule has 0 aliphatic heterocycles. The van der Waals surface area contributed by atoms with E-state index in [4.69, 9.17) is 4.74 Å². The first-order valence-electron chi connectivity index (χ1n) is 8.65. The minimum Gasteiger partial charge on any atom is -0.434 e. The first-order chi connectivity index (χ1) is 12.5. The second-order valence-electron chi connectivity index (χ2n) is 6.60. The second-order valence-corrected chi connectivity index (χ2v) is 6.60. The average molecular weight is 364 g/mol. The van der Waals surface area contributed by atoms with E-state index < -0.39 is 6.61 Å². The normalized spacial score (nSPS) is 20.3. The quantitative estimate of drug-likeness (QED) is 0.876. The van der Waals surface area contributed by atoms with Gasteiger partial charge in [0.25, 0.3) is 5.91 Å². The van der Waals surface area contributed by atoms with Gasteiger partial charge in [0.05, 0.1) is 17.2 Å². The molecule has 1 aliphatic carbocycles. The lowest BCUT2D eigenvalue weighted by molar-refractivity contribution is -0.0502. The van der Waals surface area contributed by atoms with Crippen molar-refractivity contribution in [1.29, 1.82) is 0 Å². The van der Waals surface area contributed by atoms with Gasteiger partial charge >= 0.3 is 6.61 Å². The summed E-state index contributed by atoms with van der Waals surface area (Å²) in [6, 6.07) is 5.01. The van der Waals surface area contributed by atoms with Crippen molar-refractivity contribution in [3.05, 3.63) is 35.5 Å². The zero-order valence-corrected chi connectivity index (χ0v) is 14.8. The van der Waals surface area contributed by atoms with Crippen molar-refractivity contribution in [3.63, 3.8) is 0 Å². The SMILES string of the molecule is CO[C@H]1CC[C@H](NC(=O)c2cnc3cc(OC(F)F)c(C)cc3c2)CC1. The topological polar surface area (TPSA) is 60.5 Å². The van der Waals surface area contributed by atoms with E-state index in [1.807, 2.05) is 0 Å². The van der Waals surface area contributed by atoms with Crippen molar-refractivity contribution in [2.45, 2.75) is 51.4 Å². The van der Waals surface area contributed by atoms with Crippen LogP contribution in [-0.2, 0) is 4.74 Å². The molecular formula is C19H22F2N2O3. The molecular weight excluding hydrogens is 342 g/mol. The lowest BCUT2D eigenvalue weighted by atomic mass is 9.93. The number of nitrogens with one attached hydrogen (secondary N) is 1. The molecule has 0 radical (unpaired) electrons. The lowest BCUT2D eigenvalue weighted by Gasteiger charge is -2.28. The van der Waals surface area contributed by atoms with Gasteiger partial charge in [-0.1, -0.05) is 0 Å². The maximum atomic E-state index is 12.5. The average Bonchev–Trinajstić information content (AvgIpc) is 2.62. The third-order valence-corrected chi connectivity index (χ3v) is 4.80. The van der Waals surface area contributed by atoms with Crippen LogP contribution in [0.25, 0.3) is 10.9 Å². The van der Waals surface area contributed by atoms with E-state index in [0.29, 0.717) is 22.0 Å². The van der Waals surface area contributed by atoms with Crippen LogP contribution in [0.15, 0.2) is 24.4 Å². The van der Waals surface area contributed by atoms with E-state index in [2.05, 4.69) is 15.0 Å². The molecule has 0 spiro atoms. The Morgan fingerprint density at radius 3 is 2.62 bits per heavy atom. The molecule has 0 atom stereocenters. The molecule has 1 N–H and O–H groups in total. The Balaban J connectivity index is 1.73. The van der Waals surface area contributed by atoms with E-state index in [9.17, 15) is 13.6 Å². The van der Waals surface area contributed by atoms with E-state index in [-0.39, 0.29) is 23.8 Å². The number of aromatic nitrogens is 1. The highest BCUT2D eigenvalue weighted by molar-refractivity contribution is 5.97. The van der Waals surface area contributed by atoms with Gasteiger partial charge in [0.15, 0.2) is 0 Å². The second kappa shape index (κ2) is 7.95. The summed E-state index contributed by atoms with van der Waals surface area (Å²) in [5.41, 5.74) is 1.52. The fourth-order valence-electron chi connectivity index (χ4n) is 3.33. The number of fused-ring (bicyclic) bond motifs is 1. The summed E-state index contributed by atoms with van der Waals surface area (Å²) in [5.74, 6) is -0.0852. The van der Waals surface area contributed by atoms with Crippen LogP contribution in [0.2, 0.25) is 0 Å². The summed E-state index contributed by atoms with van der Waals surface area (Å²) in [6.45, 7) is -1.21. The summed E-state index contributed by atoms with van der Waals surface area (Å²) in [7, 11) is 1.71. The number of alkyl halides is 2. The number of carbonyl (C=O) groups excluding carboxylic acids is 1. The van der Waals surface area contributed by atoms with Crippen molar-refractivity contribution >= 4 is 16.8 Å². The van der Waals surface area contributed by atoms with Crippen LogP contribution in [0.1, 0.15) is 41.6 Å². The van der Waals surface area contributed by atoms with Crippen LogP contribution in [0.4, 0.5) is 8.78 Å². The molecule has 1 aromatic heterocycles. The number of hydrogen-bond acceptors (Lipinski definition) is 4. The van der Waals surface area contributed by atoms with Gasteiger partial charge in [0, 0.05) is 30.8 Å². The summed E-state index contributed by atoms with van der Waals surface area (Å²) in [5, 5.41) is 3.75. The third-order valence-electron chi connectivity index (χ3n) is 4.80. The number of nitrogens with zero attached hydrogens (tertiary/aromatic N) is 1. The highest BCUT2D eigenvalue weighted by atomic mass is 19.3. The zero-order chi connectivity index (χ0) is 18.7. The standard InChI is InChI=1S/C19H22F2N2O3/c1-11-7-12-8-13(10-22-16(12)9-17(11)26-19(20)21)18(24)23-14-3-5-15(25-2)6-4-14/h7-10,14-15,19H,3-6H2,1-2H3,(H,23,24)/t14-,15-. The van der Waals surface area contributed by atoms with Gasteiger partial charge < -0.3 is 14.8 Å². The molecule has 140 valence electrons. The van der Waals surface area contributed by atoms with Crippen LogP contribution in [-0.4, -0.2) is 36.8 Å². The highest BCUT2D eigenvalue weighted by Gasteiger charge is 2.22. The van der Waals surface area contributed by atoms with Gasteiger partial charge in [-0.05, 0) is 50.3 Å². The predicted molar refractivity (Wildman–Crippen MR) is 93.6 cm³/mol. The molecule has 5 nitrogen and oxygen atoms in total. The number of halogens is 2. The Kier molecular flexibility index (Phi) is 5.66. The maximum Gasteiger partial charge on any atom is 0.387 e. The molecule has 0 saturated heterocycles. The number of pyridine rings is 1. The summed E-state index contributed by atoms with van der Waals surface area (Å²) >= 11 is 0. The van der Waals surface area contributed by atoms with Crippen LogP contribution in [0.5, 0.6) is 5.75 Å². The Morgan fingerprint density at radius 2 is 1.96 bits per heavy atom. The molecule has 1 amide bonds. The van der Waals surface area contributed by atoms with Gasteiger partial charge in [-0.15, -0.1) is 0 Å². The van der Waals surface area contributed by atoms with Crippen molar-refractivity contribution in [2.24, 2.45) is 0 Å². The van der Waals surface area contributed by atoms with E-state index in [0.717, 1.165) is 25.7 Å². The number of methoxy groups -OCH3 is 1. The van der Waals surface area contributed by atoms with Crippen molar-refractivity contribution in [2.75, 3.05) is 7.11 Å². The largest absolute Gasteiger partial charge is 0.434 e. The monoisotopic (exact) mass is 364 g/mol. The molecule has 1 aliphatic rings. The number of hydrogen-bond donors (Lipinski definition) is 1. The predicted octanol–water partition coefficient (Wildman–Crippen LogP) is 3.83. The molecule has 1 heterocycles. The number of carbonyl (C=O) groups is 1. The zero-order valence-electron chi connectivity index (χ0n) is 14.8. The smallest absolute Gasteiger partial charge is 0.387 e. The van der Waals surface area contributed by atoms with E-state index in [1.54, 1.807) is 26.2 Å². The Morgan fingerprint density at radius 1 is 1.23 bits per heavy atom. The van der Waals surface area contributed by atoms with E-state index >= 15 is 0 Å². The van der Waals surface area contributed by atoms with Crippen molar-refractivity contribution in [1.82, 2.24) is 10.3 Å². The maximum absolute atomic E-state index is 12.5. The fraction of sp³-hybridized carbons (Fsp3) is 0.474. The Bertz CT molecular complexity index is 790. The molecule has 1 fully saturated rings. The highest BCUT2D eigenvalue weighted by Crippen LogP contribution is 2.26. The third kappa shape index (κ3) is 4.27. The van der Waals surface area contributed by atoms with Gasteiger partial charge in [-0.25, -0.2) is 0 Å². The minimum atomic E-state index is -2.88. The number of rotatable bonds is 5. The molecule has 1 aromatic carbocycles. The Hall–Kier alpha value is -2.28. The lowest BCUT2D eigenvalue weighted by Crippen LogP contribution is -2.38. The van der Waals surface area contributed by atoms with E-state index in [1.165, 1.54) is 12.3 Å². The summed E-state index contributed by atoms with van der Waals surface area (Å²) in [6.07, 6.45) is 5.38. The van der Waals surface area contributed by atoms with Gasteiger partial charge in [-0.2, -0.15) is 8.78 Å². The number of benzene rings is 1. The van der Waals surface area contributed by atoms with Crippen molar-refractivity contribution < 1.29 is 23.0 Å². The molecule has 7 heteroatoms. The molecule has 26 heavy (non-hydrogen) atoms. The van der Waals surface area contributed by atoms with Crippen LogP contribution in [0.3, 0.4) is 0 Å². The van der Waals surface area contributed by atoms with Crippen LogP contribution in [0, 0.1) is 6.92 Å². The van der Waals surface area contributed by atoms with Crippen LogP contribution < -0.4 is 10.1 Å². The van der Waals surface area contributed by atoms with Crippen molar-refractivity contribution in [3.8, 4) is 5.75 Å². The number of ether oxygens (including phenoxy) is 2. The summed E-state index contributed by atoms with van der Waals surface area (Å²) < 4.78 is 34.7. The fourth-order valence-corrected chi connectivity index (χ4v) is 3.33. The molecule has 0 unspecified atom stereocenters. The molecule has 2 aromatic rings. The molecule has 3 rings (SSSR count). The Labute approximate surface area is 150 Å². The first-order valence-corrected chi connectivity index (χ1v) is 8.65. The van der Waals surface area contributed by atoms with Gasteiger partial charge in [0.2, 0.25) is 0 Å². The first kappa shape index (κ1) is 18.5. The molecule has 0 bridgehead atoms. The van der Waals surface area contributed by atoms with Crippen LogP contribution >= 0.6 is 0 Å². The number of aryl methyl sites for hydroxylation is 1. The number of amides is 1. The minimum absolute atomic E-state index is 0.0899. The van der Waals surface area contributed by atoms with Gasteiger partial charge in [-0.3, -0.25) is 9.78 Å². The molecule has 1 saturated carbocycles.